The minimum atomic E-state index is 0.203. The summed E-state index contributed by atoms with van der Waals surface area (Å²) < 4.78 is 0. The third-order valence-electron chi connectivity index (χ3n) is 4.86. The Morgan fingerprint density at radius 2 is 2.26 bits per heavy atom. The average Bonchev–Trinajstić information content (AvgIpc) is 3.12. The fraction of sp³-hybridized carbons (Fsp3) is 0.467. The van der Waals surface area contributed by atoms with Gasteiger partial charge < -0.3 is 4.98 Å². The largest absolute Gasteiger partial charge is 0.345 e. The van der Waals surface area contributed by atoms with Crippen molar-refractivity contribution in [1.82, 2.24) is 9.97 Å². The van der Waals surface area contributed by atoms with Crippen molar-refractivity contribution in [1.29, 1.82) is 0 Å². The van der Waals surface area contributed by atoms with Crippen molar-refractivity contribution in [3.05, 3.63) is 29.0 Å². The molecule has 3 nitrogen and oxygen atoms in total. The zero-order valence-corrected chi connectivity index (χ0v) is 11.3. The molecule has 0 amide bonds. The lowest BCUT2D eigenvalue weighted by Crippen LogP contribution is -2.20. The molecule has 0 aliphatic heterocycles. The topological polar surface area (TPSA) is 45.8 Å². The van der Waals surface area contributed by atoms with E-state index in [4.69, 9.17) is 11.6 Å². The number of pyridine rings is 1. The number of ketones is 1. The first-order valence-corrected chi connectivity index (χ1v) is 7.27. The first kappa shape index (κ1) is 11.5. The molecule has 0 saturated heterocycles. The predicted octanol–water partition coefficient (Wildman–Crippen LogP) is 3.84. The van der Waals surface area contributed by atoms with Gasteiger partial charge in [0.05, 0.1) is 5.02 Å². The maximum absolute atomic E-state index is 12.8. The minimum Gasteiger partial charge on any atom is -0.345 e. The summed E-state index contributed by atoms with van der Waals surface area (Å²) in [6.07, 6.45) is 8.27. The highest BCUT2D eigenvalue weighted by Gasteiger charge is 2.43. The molecule has 2 aromatic rings. The molecule has 98 valence electrons. The number of aromatic nitrogens is 2. The molecular formula is C15H15ClN2O. The van der Waals surface area contributed by atoms with Crippen LogP contribution < -0.4 is 0 Å². The van der Waals surface area contributed by atoms with E-state index < -0.39 is 0 Å². The molecule has 2 aliphatic rings. The van der Waals surface area contributed by atoms with Gasteiger partial charge in [-0.2, -0.15) is 0 Å². The second kappa shape index (κ2) is 4.07. The van der Waals surface area contributed by atoms with Crippen LogP contribution in [0.3, 0.4) is 0 Å². The standard InChI is InChI=1S/C15H15ClN2O/c16-12-3-4-17-15-13(12)11(7-18-15)14(19)10-6-8-1-2-9(10)5-8/h3-4,7-10H,1-2,5-6H2,(H,17,18). The van der Waals surface area contributed by atoms with Gasteiger partial charge in [-0.15, -0.1) is 0 Å². The van der Waals surface area contributed by atoms with Crippen LogP contribution in [-0.2, 0) is 0 Å². The highest BCUT2D eigenvalue weighted by atomic mass is 35.5. The molecule has 2 aromatic heterocycles. The second-order valence-corrected chi connectivity index (χ2v) is 6.27. The van der Waals surface area contributed by atoms with E-state index in [2.05, 4.69) is 9.97 Å². The Morgan fingerprint density at radius 1 is 1.37 bits per heavy atom. The average molecular weight is 275 g/mol. The molecule has 2 heterocycles. The van der Waals surface area contributed by atoms with Crippen molar-refractivity contribution in [2.75, 3.05) is 0 Å². The van der Waals surface area contributed by atoms with Crippen LogP contribution in [0.15, 0.2) is 18.5 Å². The molecule has 2 bridgehead atoms. The summed E-state index contributed by atoms with van der Waals surface area (Å²) in [6, 6.07) is 1.75. The highest BCUT2D eigenvalue weighted by molar-refractivity contribution is 6.36. The van der Waals surface area contributed by atoms with Gasteiger partial charge in [0.25, 0.3) is 0 Å². The van der Waals surface area contributed by atoms with Crippen LogP contribution >= 0.6 is 11.6 Å². The molecule has 2 saturated carbocycles. The number of hydrogen-bond donors (Lipinski definition) is 1. The Hall–Kier alpha value is -1.35. The summed E-state index contributed by atoms with van der Waals surface area (Å²) in [7, 11) is 0. The number of H-pyrrole nitrogens is 1. The van der Waals surface area contributed by atoms with Crippen molar-refractivity contribution < 1.29 is 4.79 Å². The summed E-state index contributed by atoms with van der Waals surface area (Å²) in [5, 5.41) is 1.40. The maximum Gasteiger partial charge on any atom is 0.168 e. The first-order valence-electron chi connectivity index (χ1n) is 6.90. The van der Waals surface area contributed by atoms with E-state index >= 15 is 0 Å². The molecule has 3 unspecified atom stereocenters. The Labute approximate surface area is 116 Å². The predicted molar refractivity (Wildman–Crippen MR) is 74.4 cm³/mol. The Kier molecular flexibility index (Phi) is 2.46. The summed E-state index contributed by atoms with van der Waals surface area (Å²) in [5.74, 6) is 1.83. The van der Waals surface area contributed by atoms with E-state index in [-0.39, 0.29) is 11.7 Å². The third kappa shape index (κ3) is 1.64. The molecule has 0 aromatic carbocycles. The van der Waals surface area contributed by atoms with Gasteiger partial charge in [0.2, 0.25) is 0 Å². The highest BCUT2D eigenvalue weighted by Crippen LogP contribution is 2.49. The van der Waals surface area contributed by atoms with Gasteiger partial charge in [0, 0.05) is 29.3 Å². The van der Waals surface area contributed by atoms with Crippen molar-refractivity contribution in [2.24, 2.45) is 17.8 Å². The van der Waals surface area contributed by atoms with E-state index in [1.807, 2.05) is 0 Å². The van der Waals surface area contributed by atoms with Crippen LogP contribution in [0.2, 0.25) is 5.02 Å². The SMILES string of the molecule is O=C(c1c[nH]c2nccc(Cl)c12)C1CC2CCC1C2. The Balaban J connectivity index is 1.76. The van der Waals surface area contributed by atoms with Crippen molar-refractivity contribution in [2.45, 2.75) is 25.7 Å². The zero-order valence-electron chi connectivity index (χ0n) is 10.5. The van der Waals surface area contributed by atoms with Crippen molar-refractivity contribution in [3.8, 4) is 0 Å². The summed E-state index contributed by atoms with van der Waals surface area (Å²) >= 11 is 6.22. The first-order chi connectivity index (χ1) is 9.24. The van der Waals surface area contributed by atoms with Crippen LogP contribution in [0.4, 0.5) is 0 Å². The quantitative estimate of drug-likeness (QED) is 0.846. The molecule has 1 N–H and O–H groups in total. The Bertz CT molecular complexity index is 663. The Morgan fingerprint density at radius 3 is 3.00 bits per heavy atom. The van der Waals surface area contributed by atoms with Crippen molar-refractivity contribution >= 4 is 28.4 Å². The molecule has 3 atom stereocenters. The van der Waals surface area contributed by atoms with Gasteiger partial charge in [-0.05, 0) is 37.2 Å². The van der Waals surface area contributed by atoms with Crippen molar-refractivity contribution in [3.63, 3.8) is 0 Å². The number of rotatable bonds is 2. The molecule has 2 aliphatic carbocycles. The molecular weight excluding hydrogens is 260 g/mol. The second-order valence-electron chi connectivity index (χ2n) is 5.86. The van der Waals surface area contributed by atoms with E-state index in [1.54, 1.807) is 18.5 Å². The van der Waals surface area contributed by atoms with Gasteiger partial charge in [-0.1, -0.05) is 18.0 Å². The van der Waals surface area contributed by atoms with Crippen LogP contribution in [-0.4, -0.2) is 15.8 Å². The van der Waals surface area contributed by atoms with Gasteiger partial charge in [0.15, 0.2) is 5.78 Å². The number of nitrogens with zero attached hydrogens (tertiary/aromatic N) is 1. The number of Topliss-reactive ketones (excluding diaryl/α,β-unsaturated/α-hetero) is 1. The van der Waals surface area contributed by atoms with Crippen LogP contribution in [0.25, 0.3) is 11.0 Å². The van der Waals surface area contributed by atoms with Gasteiger partial charge in [0.1, 0.15) is 5.65 Å². The lowest BCUT2D eigenvalue weighted by molar-refractivity contribution is 0.0876. The monoisotopic (exact) mass is 274 g/mol. The number of hydrogen-bond acceptors (Lipinski definition) is 2. The fourth-order valence-electron chi connectivity index (χ4n) is 3.98. The lowest BCUT2D eigenvalue weighted by Gasteiger charge is -2.19. The maximum atomic E-state index is 12.8. The summed E-state index contributed by atoms with van der Waals surface area (Å²) in [4.78, 5) is 20.0. The smallest absolute Gasteiger partial charge is 0.168 e. The third-order valence-corrected chi connectivity index (χ3v) is 5.18. The summed E-state index contributed by atoms with van der Waals surface area (Å²) in [5.41, 5.74) is 1.43. The number of nitrogens with one attached hydrogen (secondary N) is 1. The fourth-order valence-corrected chi connectivity index (χ4v) is 4.22. The van der Waals surface area contributed by atoms with E-state index in [0.717, 1.165) is 23.3 Å². The van der Waals surface area contributed by atoms with Gasteiger partial charge >= 0.3 is 0 Å². The summed E-state index contributed by atoms with van der Waals surface area (Å²) in [6.45, 7) is 0. The minimum absolute atomic E-state index is 0.203. The normalized spacial score (nSPS) is 29.2. The molecule has 4 heteroatoms. The van der Waals surface area contributed by atoms with Gasteiger partial charge in [-0.3, -0.25) is 4.79 Å². The van der Waals surface area contributed by atoms with Crippen LogP contribution in [0.1, 0.15) is 36.0 Å². The zero-order chi connectivity index (χ0) is 13.0. The lowest BCUT2D eigenvalue weighted by atomic mass is 9.83. The number of aromatic amines is 1. The van der Waals surface area contributed by atoms with Gasteiger partial charge in [-0.25, -0.2) is 4.98 Å². The molecule has 0 spiro atoms. The number of fused-ring (bicyclic) bond motifs is 3. The van der Waals surface area contributed by atoms with Crippen LogP contribution in [0.5, 0.6) is 0 Å². The van der Waals surface area contributed by atoms with E-state index in [0.29, 0.717) is 16.6 Å². The number of carbonyl (C=O) groups is 1. The molecule has 2 fully saturated rings. The van der Waals surface area contributed by atoms with E-state index in [1.165, 1.54) is 19.3 Å². The molecule has 19 heavy (non-hydrogen) atoms. The van der Waals surface area contributed by atoms with Crippen LogP contribution in [0, 0.1) is 17.8 Å². The molecule has 0 radical (unpaired) electrons. The number of carbonyl (C=O) groups excluding carboxylic acids is 1. The number of halogens is 1. The van der Waals surface area contributed by atoms with E-state index in [9.17, 15) is 4.79 Å². The molecule has 4 rings (SSSR count).